The van der Waals surface area contributed by atoms with Crippen molar-refractivity contribution in [3.63, 3.8) is 0 Å². The molecular formula is C13H20N2O. The van der Waals surface area contributed by atoms with Gasteiger partial charge in [-0.25, -0.2) is 5.01 Å². The molecule has 3 rings (SSSR count). The maximum absolute atomic E-state index is 11.9. The van der Waals surface area contributed by atoms with Crippen LogP contribution in [0.4, 0.5) is 0 Å². The van der Waals surface area contributed by atoms with Crippen LogP contribution in [0.2, 0.25) is 0 Å². The van der Waals surface area contributed by atoms with Crippen LogP contribution in [-0.4, -0.2) is 22.7 Å². The van der Waals surface area contributed by atoms with Crippen LogP contribution in [0.25, 0.3) is 0 Å². The molecule has 0 aromatic carbocycles. The number of hydrogen-bond acceptors (Lipinski definition) is 2. The second kappa shape index (κ2) is 3.86. The molecule has 0 radical (unpaired) electrons. The monoisotopic (exact) mass is 220 g/mol. The zero-order valence-electron chi connectivity index (χ0n) is 9.98. The summed E-state index contributed by atoms with van der Waals surface area (Å²) in [6.45, 7) is 2.15. The first-order valence-corrected chi connectivity index (χ1v) is 6.65. The lowest BCUT2D eigenvalue weighted by molar-refractivity contribution is -0.130. The smallest absolute Gasteiger partial charge is 0.248 e. The van der Waals surface area contributed by atoms with Crippen LogP contribution in [0.1, 0.15) is 51.9 Å². The largest absolute Gasteiger partial charge is 0.273 e. The van der Waals surface area contributed by atoms with Crippen LogP contribution < -0.4 is 0 Å². The molecule has 1 aliphatic heterocycles. The molecule has 1 heterocycles. The summed E-state index contributed by atoms with van der Waals surface area (Å²) in [5.74, 6) is 1.57. The Kier molecular flexibility index (Phi) is 2.49. The van der Waals surface area contributed by atoms with Gasteiger partial charge in [0.2, 0.25) is 5.91 Å². The van der Waals surface area contributed by atoms with Crippen LogP contribution >= 0.6 is 0 Å². The molecule has 1 amide bonds. The first kappa shape index (κ1) is 10.3. The van der Waals surface area contributed by atoms with Gasteiger partial charge in [0.15, 0.2) is 0 Å². The molecule has 3 nitrogen and oxygen atoms in total. The normalized spacial score (nSPS) is 28.7. The van der Waals surface area contributed by atoms with Crippen LogP contribution in [0, 0.1) is 11.8 Å². The maximum atomic E-state index is 11.9. The molecule has 16 heavy (non-hydrogen) atoms. The van der Waals surface area contributed by atoms with Gasteiger partial charge in [-0.3, -0.25) is 4.79 Å². The molecule has 0 N–H and O–H groups in total. The summed E-state index contributed by atoms with van der Waals surface area (Å²) >= 11 is 0. The first-order chi connectivity index (χ1) is 7.75. The number of amides is 1. The standard InChI is InChI=1S/C13H20N2O/c1-9(10-6-7-10)15-13(16)8-12(14-15)11-4-2-3-5-11/h9-11H,2-8H2,1H3. The Hall–Kier alpha value is -0.860. The Morgan fingerprint density at radius 3 is 2.56 bits per heavy atom. The molecule has 88 valence electrons. The van der Waals surface area contributed by atoms with Crippen LogP contribution in [0.5, 0.6) is 0 Å². The zero-order valence-corrected chi connectivity index (χ0v) is 9.98. The van der Waals surface area contributed by atoms with Crippen molar-refractivity contribution in [2.75, 3.05) is 0 Å². The minimum absolute atomic E-state index is 0.237. The van der Waals surface area contributed by atoms with Gasteiger partial charge in [-0.2, -0.15) is 5.10 Å². The van der Waals surface area contributed by atoms with Gasteiger partial charge in [0.25, 0.3) is 0 Å². The molecule has 1 atom stereocenters. The summed E-state index contributed by atoms with van der Waals surface area (Å²) in [5, 5.41) is 6.40. The van der Waals surface area contributed by atoms with Gasteiger partial charge < -0.3 is 0 Å². The summed E-state index contributed by atoms with van der Waals surface area (Å²) in [4.78, 5) is 11.9. The van der Waals surface area contributed by atoms with Crippen LogP contribution in [-0.2, 0) is 4.79 Å². The molecule has 3 aliphatic rings. The van der Waals surface area contributed by atoms with Crippen molar-refractivity contribution in [3.05, 3.63) is 0 Å². The van der Waals surface area contributed by atoms with Gasteiger partial charge in [0, 0.05) is 0 Å². The van der Waals surface area contributed by atoms with E-state index in [0.29, 0.717) is 18.4 Å². The average molecular weight is 220 g/mol. The molecule has 0 aromatic rings. The molecule has 2 saturated carbocycles. The van der Waals surface area contributed by atoms with E-state index in [1.807, 2.05) is 0 Å². The van der Waals surface area contributed by atoms with E-state index in [-0.39, 0.29) is 5.91 Å². The Morgan fingerprint density at radius 1 is 1.25 bits per heavy atom. The molecule has 2 fully saturated rings. The van der Waals surface area contributed by atoms with Crippen molar-refractivity contribution in [1.29, 1.82) is 0 Å². The summed E-state index contributed by atoms with van der Waals surface area (Å²) in [7, 11) is 0. The summed E-state index contributed by atoms with van der Waals surface area (Å²) < 4.78 is 0. The zero-order chi connectivity index (χ0) is 11.1. The van der Waals surface area contributed by atoms with Crippen molar-refractivity contribution in [2.45, 2.75) is 57.9 Å². The lowest BCUT2D eigenvalue weighted by Crippen LogP contribution is -2.32. The van der Waals surface area contributed by atoms with Crippen LogP contribution in [0.3, 0.4) is 0 Å². The fourth-order valence-corrected chi connectivity index (χ4v) is 3.05. The number of hydrogen-bond donors (Lipinski definition) is 0. The van der Waals surface area contributed by atoms with Gasteiger partial charge in [-0.15, -0.1) is 0 Å². The van der Waals surface area contributed by atoms with Gasteiger partial charge in [-0.05, 0) is 44.4 Å². The predicted octanol–water partition coefficient (Wildman–Crippen LogP) is 2.56. The highest BCUT2D eigenvalue weighted by molar-refractivity contribution is 6.06. The highest BCUT2D eigenvalue weighted by Crippen LogP contribution is 2.37. The minimum Gasteiger partial charge on any atom is -0.273 e. The number of carbonyl (C=O) groups excluding carboxylic acids is 1. The lowest BCUT2D eigenvalue weighted by Gasteiger charge is -2.19. The molecule has 0 saturated heterocycles. The van der Waals surface area contributed by atoms with E-state index in [9.17, 15) is 4.79 Å². The number of nitrogens with zero attached hydrogens (tertiary/aromatic N) is 2. The average Bonchev–Trinajstić information content (AvgIpc) is 2.84. The van der Waals surface area contributed by atoms with Crippen LogP contribution in [0.15, 0.2) is 5.10 Å². The van der Waals surface area contributed by atoms with E-state index in [4.69, 9.17) is 0 Å². The van der Waals surface area contributed by atoms with Crippen molar-refractivity contribution in [2.24, 2.45) is 16.9 Å². The van der Waals surface area contributed by atoms with E-state index in [2.05, 4.69) is 12.0 Å². The fraction of sp³-hybridized carbons (Fsp3) is 0.846. The second-order valence-electron chi connectivity index (χ2n) is 5.57. The Labute approximate surface area is 96.9 Å². The molecular weight excluding hydrogens is 200 g/mol. The molecule has 0 aromatic heterocycles. The Bertz CT molecular complexity index is 327. The van der Waals surface area contributed by atoms with Gasteiger partial charge in [0.05, 0.1) is 18.2 Å². The number of carbonyl (C=O) groups is 1. The third kappa shape index (κ3) is 1.76. The first-order valence-electron chi connectivity index (χ1n) is 6.65. The minimum atomic E-state index is 0.237. The van der Waals surface area contributed by atoms with Crippen molar-refractivity contribution >= 4 is 11.6 Å². The highest BCUT2D eigenvalue weighted by Gasteiger charge is 2.38. The third-order valence-electron chi connectivity index (χ3n) is 4.34. The third-order valence-corrected chi connectivity index (χ3v) is 4.34. The van der Waals surface area contributed by atoms with Crippen molar-refractivity contribution in [1.82, 2.24) is 5.01 Å². The summed E-state index contributed by atoms with van der Waals surface area (Å²) in [5.41, 5.74) is 1.18. The number of hydrazone groups is 1. The van der Waals surface area contributed by atoms with E-state index in [0.717, 1.165) is 5.92 Å². The molecule has 0 spiro atoms. The van der Waals surface area contributed by atoms with Crippen molar-refractivity contribution < 1.29 is 4.79 Å². The van der Waals surface area contributed by atoms with Gasteiger partial charge in [0.1, 0.15) is 0 Å². The molecule has 0 bridgehead atoms. The second-order valence-corrected chi connectivity index (χ2v) is 5.57. The predicted molar refractivity (Wildman–Crippen MR) is 63.0 cm³/mol. The quantitative estimate of drug-likeness (QED) is 0.719. The number of rotatable bonds is 3. The van der Waals surface area contributed by atoms with E-state index < -0.39 is 0 Å². The molecule has 1 unspecified atom stereocenters. The fourth-order valence-electron chi connectivity index (χ4n) is 3.05. The van der Waals surface area contributed by atoms with Crippen molar-refractivity contribution in [3.8, 4) is 0 Å². The summed E-state index contributed by atoms with van der Waals surface area (Å²) in [6, 6.07) is 0.339. The van der Waals surface area contributed by atoms with Gasteiger partial charge >= 0.3 is 0 Å². The van der Waals surface area contributed by atoms with E-state index in [1.54, 1.807) is 5.01 Å². The lowest BCUT2D eigenvalue weighted by atomic mass is 10.00. The topological polar surface area (TPSA) is 32.7 Å². The Morgan fingerprint density at radius 2 is 1.94 bits per heavy atom. The highest BCUT2D eigenvalue weighted by atomic mass is 16.2. The van der Waals surface area contributed by atoms with E-state index >= 15 is 0 Å². The van der Waals surface area contributed by atoms with Gasteiger partial charge in [-0.1, -0.05) is 12.8 Å². The maximum Gasteiger partial charge on any atom is 0.248 e. The SMILES string of the molecule is CC(C1CC1)N1N=C(C2CCCC2)CC1=O. The summed E-state index contributed by atoms with van der Waals surface area (Å²) in [6.07, 6.45) is 8.28. The Balaban J connectivity index is 1.71. The molecule has 2 aliphatic carbocycles. The van der Waals surface area contributed by atoms with E-state index in [1.165, 1.54) is 44.2 Å². The molecule has 3 heteroatoms.